The molecule has 2 aromatic carbocycles. The number of benzene rings is 2. The Hall–Kier alpha value is -3.19. The summed E-state index contributed by atoms with van der Waals surface area (Å²) < 4.78 is 4.99. The van der Waals surface area contributed by atoms with Crippen LogP contribution >= 0.6 is 0 Å². The molecule has 0 unspecified atom stereocenters. The number of methoxy groups -OCH3 is 1. The second-order valence-corrected chi connectivity index (χ2v) is 4.78. The van der Waals surface area contributed by atoms with Gasteiger partial charge in [-0.2, -0.15) is 10.2 Å². The molecule has 7 heteroatoms. The highest BCUT2D eigenvalue weighted by atomic mass is 16.5. The number of phenols is 2. The van der Waals surface area contributed by atoms with Gasteiger partial charge in [-0.25, -0.2) is 0 Å². The molecular weight excluding hydrogens is 312 g/mol. The minimum absolute atomic E-state index is 0.0219. The normalized spacial score (nSPS) is 11.2. The van der Waals surface area contributed by atoms with E-state index in [9.17, 15) is 15.0 Å². The molecule has 0 radical (unpaired) electrons. The van der Waals surface area contributed by atoms with E-state index >= 15 is 0 Å². The summed E-state index contributed by atoms with van der Waals surface area (Å²) in [4.78, 5) is 11.5. The van der Waals surface area contributed by atoms with Crippen LogP contribution in [0, 0.1) is 0 Å². The van der Waals surface area contributed by atoms with Gasteiger partial charge in [-0.1, -0.05) is 0 Å². The van der Waals surface area contributed by atoms with Crippen molar-refractivity contribution in [1.82, 2.24) is 0 Å². The molecule has 0 heterocycles. The van der Waals surface area contributed by atoms with E-state index in [0.29, 0.717) is 16.9 Å². The molecule has 24 heavy (non-hydrogen) atoms. The molecule has 0 bridgehead atoms. The zero-order valence-electron chi connectivity index (χ0n) is 12.9. The molecule has 0 saturated carbocycles. The Labute approximate surface area is 138 Å². The highest BCUT2D eigenvalue weighted by Gasteiger charge is 2.10. The minimum Gasteiger partial charge on any atom is -0.507 e. The Morgan fingerprint density at radius 1 is 1.04 bits per heavy atom. The Kier molecular flexibility index (Phi) is 5.64. The van der Waals surface area contributed by atoms with Gasteiger partial charge in [0, 0.05) is 0 Å². The summed E-state index contributed by atoms with van der Waals surface area (Å²) in [5.74, 6) is -0.426. The number of ketones is 1. The van der Waals surface area contributed by atoms with E-state index in [1.54, 1.807) is 18.2 Å². The van der Waals surface area contributed by atoms with Crippen LogP contribution in [-0.2, 0) is 0 Å². The summed E-state index contributed by atoms with van der Waals surface area (Å²) in [6.45, 7) is -0.686. The first-order valence-electron chi connectivity index (χ1n) is 6.95. The number of nitrogens with zero attached hydrogens (tertiary/aromatic N) is 2. The molecule has 3 N–H and O–H groups in total. The quantitative estimate of drug-likeness (QED) is 0.425. The molecule has 0 saturated heterocycles. The summed E-state index contributed by atoms with van der Waals surface area (Å²) in [6, 6.07) is 9.06. The average Bonchev–Trinajstić information content (AvgIpc) is 2.60. The van der Waals surface area contributed by atoms with E-state index < -0.39 is 12.4 Å². The lowest BCUT2D eigenvalue weighted by atomic mass is 10.1. The molecule has 2 rings (SSSR count). The minimum atomic E-state index is -0.686. The molecule has 0 aliphatic heterocycles. The van der Waals surface area contributed by atoms with Gasteiger partial charge in [0.2, 0.25) is 0 Å². The van der Waals surface area contributed by atoms with E-state index in [1.165, 1.54) is 37.7 Å². The van der Waals surface area contributed by atoms with Crippen molar-refractivity contribution >= 4 is 18.2 Å². The van der Waals surface area contributed by atoms with Gasteiger partial charge in [0.15, 0.2) is 17.3 Å². The van der Waals surface area contributed by atoms with Crippen molar-refractivity contribution in [1.29, 1.82) is 0 Å². The summed E-state index contributed by atoms with van der Waals surface area (Å²) in [6.07, 6.45) is 2.88. The molecule has 7 nitrogen and oxygen atoms in total. The smallest absolute Gasteiger partial charge is 0.191 e. The summed E-state index contributed by atoms with van der Waals surface area (Å²) in [5, 5.41) is 35.7. The number of hydrogen-bond acceptors (Lipinski definition) is 7. The fourth-order valence-electron chi connectivity index (χ4n) is 1.92. The summed E-state index contributed by atoms with van der Waals surface area (Å²) in [5.41, 5.74) is 1.25. The third-order valence-electron chi connectivity index (χ3n) is 3.15. The highest BCUT2D eigenvalue weighted by Crippen LogP contribution is 2.25. The monoisotopic (exact) mass is 328 g/mol. The Morgan fingerprint density at radius 3 is 2.21 bits per heavy atom. The number of aromatic hydroxyl groups is 2. The second kappa shape index (κ2) is 7.89. The third kappa shape index (κ3) is 4.17. The number of carbonyl (C=O) groups is 1. The summed E-state index contributed by atoms with van der Waals surface area (Å²) >= 11 is 0. The average molecular weight is 328 g/mol. The number of phenolic OH excluding ortho intramolecular Hbond substituents is 2. The lowest BCUT2D eigenvalue weighted by molar-refractivity contribution is 0.0901. The SMILES string of the molecule is COc1cc(C=NN=Cc2ccc(O)c(C(=O)CO)c2)ccc1O. The molecular formula is C17H16N2O5. The first kappa shape index (κ1) is 17.2. The van der Waals surface area contributed by atoms with Crippen molar-refractivity contribution in [3.05, 3.63) is 53.1 Å². The van der Waals surface area contributed by atoms with Gasteiger partial charge < -0.3 is 20.1 Å². The van der Waals surface area contributed by atoms with E-state index in [2.05, 4.69) is 10.2 Å². The molecule has 0 amide bonds. The number of hydrogen-bond donors (Lipinski definition) is 3. The maximum atomic E-state index is 11.5. The van der Waals surface area contributed by atoms with Crippen LogP contribution in [-0.4, -0.2) is 47.2 Å². The van der Waals surface area contributed by atoms with Gasteiger partial charge in [0.05, 0.1) is 25.1 Å². The maximum absolute atomic E-state index is 11.5. The van der Waals surface area contributed by atoms with Crippen LogP contribution in [0.1, 0.15) is 21.5 Å². The van der Waals surface area contributed by atoms with Gasteiger partial charge >= 0.3 is 0 Å². The Bertz CT molecular complexity index is 800. The standard InChI is InChI=1S/C17H16N2O5/c1-24-17-7-12(3-5-15(17)22)9-19-18-8-11-2-4-14(21)13(6-11)16(23)10-20/h2-9,20-22H,10H2,1H3. The second-order valence-electron chi connectivity index (χ2n) is 4.78. The topological polar surface area (TPSA) is 112 Å². The van der Waals surface area contributed by atoms with Gasteiger partial charge in [0.1, 0.15) is 12.4 Å². The van der Waals surface area contributed by atoms with Crippen LogP contribution in [0.3, 0.4) is 0 Å². The van der Waals surface area contributed by atoms with Crippen LogP contribution < -0.4 is 4.74 Å². The molecule has 0 aromatic heterocycles. The fraction of sp³-hybridized carbons (Fsp3) is 0.118. The van der Waals surface area contributed by atoms with Crippen LogP contribution in [0.4, 0.5) is 0 Å². The highest BCUT2D eigenvalue weighted by molar-refractivity contribution is 6.00. The van der Waals surface area contributed by atoms with Crippen molar-refractivity contribution in [2.24, 2.45) is 10.2 Å². The predicted octanol–water partition coefficient (Wildman–Crippen LogP) is 1.73. The summed E-state index contributed by atoms with van der Waals surface area (Å²) in [7, 11) is 1.45. The van der Waals surface area contributed by atoms with Crippen LogP contribution in [0.2, 0.25) is 0 Å². The van der Waals surface area contributed by atoms with Gasteiger partial charge in [-0.15, -0.1) is 0 Å². The molecule has 0 fully saturated rings. The zero-order valence-corrected chi connectivity index (χ0v) is 12.9. The number of ether oxygens (including phenoxy) is 1. The number of aliphatic hydroxyl groups excluding tert-OH is 1. The van der Waals surface area contributed by atoms with E-state index in [-0.39, 0.29) is 17.1 Å². The van der Waals surface area contributed by atoms with E-state index in [4.69, 9.17) is 9.84 Å². The molecule has 0 aliphatic carbocycles. The molecule has 124 valence electrons. The third-order valence-corrected chi connectivity index (χ3v) is 3.15. The fourth-order valence-corrected chi connectivity index (χ4v) is 1.92. The number of carbonyl (C=O) groups excluding carboxylic acids is 1. The zero-order chi connectivity index (χ0) is 17.5. The van der Waals surface area contributed by atoms with E-state index in [1.807, 2.05) is 0 Å². The van der Waals surface area contributed by atoms with Crippen LogP contribution in [0.25, 0.3) is 0 Å². The lowest BCUT2D eigenvalue weighted by Gasteiger charge is -2.03. The molecule has 0 atom stereocenters. The molecule has 2 aromatic rings. The van der Waals surface area contributed by atoms with Crippen molar-refractivity contribution in [3.63, 3.8) is 0 Å². The van der Waals surface area contributed by atoms with Crippen molar-refractivity contribution in [3.8, 4) is 17.2 Å². The van der Waals surface area contributed by atoms with Crippen LogP contribution in [0.15, 0.2) is 46.6 Å². The largest absolute Gasteiger partial charge is 0.507 e. The van der Waals surface area contributed by atoms with Crippen molar-refractivity contribution < 1.29 is 24.9 Å². The van der Waals surface area contributed by atoms with Crippen LogP contribution in [0.5, 0.6) is 17.2 Å². The molecule has 0 aliphatic rings. The number of aliphatic hydroxyl groups is 1. The van der Waals surface area contributed by atoms with Crippen molar-refractivity contribution in [2.45, 2.75) is 0 Å². The Balaban J connectivity index is 2.13. The van der Waals surface area contributed by atoms with Gasteiger partial charge in [-0.05, 0) is 47.5 Å². The first-order valence-corrected chi connectivity index (χ1v) is 6.95. The predicted molar refractivity (Wildman–Crippen MR) is 89.4 cm³/mol. The van der Waals surface area contributed by atoms with Gasteiger partial charge in [0.25, 0.3) is 0 Å². The van der Waals surface area contributed by atoms with Gasteiger partial charge in [-0.3, -0.25) is 4.79 Å². The number of rotatable bonds is 6. The lowest BCUT2D eigenvalue weighted by Crippen LogP contribution is -2.05. The first-order chi connectivity index (χ1) is 11.5. The van der Waals surface area contributed by atoms with E-state index in [0.717, 1.165) is 0 Å². The molecule has 0 spiro atoms. The Morgan fingerprint density at radius 2 is 1.62 bits per heavy atom. The number of Topliss-reactive ketones (excluding diaryl/α,β-unsaturated/α-hetero) is 1. The maximum Gasteiger partial charge on any atom is 0.191 e. The van der Waals surface area contributed by atoms with Crippen molar-refractivity contribution in [2.75, 3.05) is 13.7 Å².